The van der Waals surface area contributed by atoms with Crippen LogP contribution in [-0.2, 0) is 0 Å². The minimum atomic E-state index is -0.823. The number of hydrogen-bond acceptors (Lipinski definition) is 3. The van der Waals surface area contributed by atoms with E-state index in [0.29, 0.717) is 11.5 Å². The summed E-state index contributed by atoms with van der Waals surface area (Å²) in [6.07, 6.45) is 6.14. The van der Waals surface area contributed by atoms with E-state index < -0.39 is 5.97 Å². The van der Waals surface area contributed by atoms with Crippen LogP contribution in [-0.4, -0.2) is 24.2 Å². The molecule has 1 fully saturated rings. The van der Waals surface area contributed by atoms with Crippen LogP contribution in [0.1, 0.15) is 60.2 Å². The molecule has 1 saturated heterocycles. The van der Waals surface area contributed by atoms with Gasteiger partial charge in [0.2, 0.25) is 0 Å². The zero-order valence-corrected chi connectivity index (χ0v) is 14.5. The normalized spacial score (nSPS) is 17.4. The highest BCUT2D eigenvalue weighted by molar-refractivity contribution is 7.19. The fraction of sp³-hybridized carbons (Fsp3) is 0.526. The molecular weight excluding hydrogens is 306 g/mol. The zero-order chi connectivity index (χ0) is 16.2. The standard InChI is InChI=1S/C19H25NO2S/c1-2-3-6-15(13-8-10-20-11-9-13)17-12-14-5-4-7-16(19(21)22)18(14)23-17/h4-5,7,12-13,15,20H,2-3,6,8-11H2,1H3,(H,21,22). The van der Waals surface area contributed by atoms with Crippen LogP contribution in [0.4, 0.5) is 0 Å². The maximum Gasteiger partial charge on any atom is 0.337 e. The van der Waals surface area contributed by atoms with E-state index in [1.54, 1.807) is 17.4 Å². The molecule has 1 aliphatic rings. The van der Waals surface area contributed by atoms with E-state index in [4.69, 9.17) is 0 Å². The van der Waals surface area contributed by atoms with Gasteiger partial charge >= 0.3 is 5.97 Å². The largest absolute Gasteiger partial charge is 0.478 e. The van der Waals surface area contributed by atoms with Crippen molar-refractivity contribution in [2.24, 2.45) is 5.92 Å². The van der Waals surface area contributed by atoms with Crippen molar-refractivity contribution >= 4 is 27.4 Å². The van der Waals surface area contributed by atoms with Gasteiger partial charge in [0.15, 0.2) is 0 Å². The minimum Gasteiger partial charge on any atom is -0.478 e. The third-order valence-electron chi connectivity index (χ3n) is 4.98. The van der Waals surface area contributed by atoms with Crippen molar-refractivity contribution in [2.45, 2.75) is 44.9 Å². The predicted octanol–water partition coefficient (Wildman–Crippen LogP) is 4.87. The molecule has 3 nitrogen and oxygen atoms in total. The first-order valence-electron chi connectivity index (χ1n) is 8.67. The van der Waals surface area contributed by atoms with E-state index in [9.17, 15) is 9.90 Å². The second-order valence-electron chi connectivity index (χ2n) is 6.51. The molecule has 1 atom stereocenters. The van der Waals surface area contributed by atoms with Crippen LogP contribution in [0, 0.1) is 5.92 Å². The summed E-state index contributed by atoms with van der Waals surface area (Å²) >= 11 is 1.70. The third kappa shape index (κ3) is 3.59. The Labute approximate surface area is 141 Å². The summed E-state index contributed by atoms with van der Waals surface area (Å²) < 4.78 is 0.936. The maximum atomic E-state index is 11.5. The number of nitrogens with one attached hydrogen (secondary N) is 1. The first kappa shape index (κ1) is 16.5. The molecule has 2 heterocycles. The fourth-order valence-corrected chi connectivity index (χ4v) is 5.11. The van der Waals surface area contributed by atoms with Gasteiger partial charge in [0, 0.05) is 9.58 Å². The van der Waals surface area contributed by atoms with Crippen LogP contribution in [0.5, 0.6) is 0 Å². The fourth-order valence-electron chi connectivity index (χ4n) is 3.72. The van der Waals surface area contributed by atoms with Crippen LogP contribution >= 0.6 is 11.3 Å². The summed E-state index contributed by atoms with van der Waals surface area (Å²) in [5.41, 5.74) is 0.443. The Kier molecular flexibility index (Phi) is 5.34. The summed E-state index contributed by atoms with van der Waals surface area (Å²) in [6.45, 7) is 4.46. The number of carboxylic acid groups (broad SMARTS) is 1. The van der Waals surface area contributed by atoms with E-state index in [1.807, 2.05) is 12.1 Å². The van der Waals surface area contributed by atoms with Crippen molar-refractivity contribution in [3.63, 3.8) is 0 Å². The van der Waals surface area contributed by atoms with Crippen LogP contribution in [0.2, 0.25) is 0 Å². The topological polar surface area (TPSA) is 49.3 Å². The molecule has 1 aromatic heterocycles. The average molecular weight is 331 g/mol. The first-order chi connectivity index (χ1) is 11.2. The van der Waals surface area contributed by atoms with Gasteiger partial charge in [0.1, 0.15) is 0 Å². The smallest absolute Gasteiger partial charge is 0.337 e. The van der Waals surface area contributed by atoms with E-state index in [1.165, 1.54) is 37.0 Å². The lowest BCUT2D eigenvalue weighted by molar-refractivity contribution is 0.0699. The molecule has 124 valence electrons. The number of aromatic carboxylic acids is 1. The monoisotopic (exact) mass is 331 g/mol. The highest BCUT2D eigenvalue weighted by atomic mass is 32.1. The molecule has 0 spiro atoms. The van der Waals surface area contributed by atoms with Crippen LogP contribution in [0.25, 0.3) is 10.1 Å². The van der Waals surface area contributed by atoms with Crippen molar-refractivity contribution < 1.29 is 9.90 Å². The number of hydrogen-bond donors (Lipinski definition) is 2. The Morgan fingerprint density at radius 3 is 2.87 bits per heavy atom. The molecule has 0 amide bonds. The number of carboxylic acids is 1. The van der Waals surface area contributed by atoms with Gasteiger partial charge in [-0.15, -0.1) is 11.3 Å². The lowest BCUT2D eigenvalue weighted by Gasteiger charge is -2.30. The minimum absolute atomic E-state index is 0.443. The molecule has 3 rings (SSSR count). The van der Waals surface area contributed by atoms with Gasteiger partial charge in [-0.25, -0.2) is 4.79 Å². The SMILES string of the molecule is CCCCC(c1cc2cccc(C(=O)O)c2s1)C1CCNCC1. The van der Waals surface area contributed by atoms with Crippen LogP contribution < -0.4 is 5.32 Å². The second kappa shape index (κ2) is 7.45. The van der Waals surface area contributed by atoms with E-state index in [-0.39, 0.29) is 0 Å². The molecule has 4 heteroatoms. The van der Waals surface area contributed by atoms with Gasteiger partial charge in [-0.1, -0.05) is 31.9 Å². The summed E-state index contributed by atoms with van der Waals surface area (Å²) in [6, 6.07) is 7.86. The molecule has 1 unspecified atom stereocenters. The first-order valence-corrected chi connectivity index (χ1v) is 9.48. The summed E-state index contributed by atoms with van der Waals surface area (Å²) in [7, 11) is 0. The highest BCUT2D eigenvalue weighted by Gasteiger charge is 2.26. The number of rotatable bonds is 6. The molecular formula is C19H25NO2S. The van der Waals surface area contributed by atoms with Crippen molar-refractivity contribution in [2.75, 3.05) is 13.1 Å². The van der Waals surface area contributed by atoms with Gasteiger partial charge in [-0.3, -0.25) is 0 Å². The summed E-state index contributed by atoms with van der Waals surface area (Å²) in [5.74, 6) is 0.483. The molecule has 0 radical (unpaired) electrons. The number of benzene rings is 1. The van der Waals surface area contributed by atoms with Crippen molar-refractivity contribution in [1.82, 2.24) is 5.32 Å². The van der Waals surface area contributed by atoms with Crippen molar-refractivity contribution in [3.05, 3.63) is 34.7 Å². The molecule has 2 N–H and O–H groups in total. The molecule has 23 heavy (non-hydrogen) atoms. The van der Waals surface area contributed by atoms with Gasteiger partial charge < -0.3 is 10.4 Å². The van der Waals surface area contributed by atoms with E-state index in [2.05, 4.69) is 18.3 Å². The highest BCUT2D eigenvalue weighted by Crippen LogP contribution is 2.41. The van der Waals surface area contributed by atoms with Crippen molar-refractivity contribution in [1.29, 1.82) is 0 Å². The third-order valence-corrected chi connectivity index (χ3v) is 6.30. The number of thiophene rings is 1. The maximum absolute atomic E-state index is 11.5. The van der Waals surface area contributed by atoms with E-state index >= 15 is 0 Å². The number of unbranched alkanes of at least 4 members (excludes halogenated alkanes) is 1. The predicted molar refractivity (Wildman–Crippen MR) is 96.6 cm³/mol. The average Bonchev–Trinajstić information content (AvgIpc) is 2.99. The molecule has 1 aromatic carbocycles. The zero-order valence-electron chi connectivity index (χ0n) is 13.7. The van der Waals surface area contributed by atoms with Crippen LogP contribution in [0.3, 0.4) is 0 Å². The summed E-state index contributed by atoms with van der Waals surface area (Å²) in [4.78, 5) is 12.8. The summed E-state index contributed by atoms with van der Waals surface area (Å²) in [5, 5.41) is 14.0. The Hall–Kier alpha value is -1.39. The van der Waals surface area contributed by atoms with Crippen LogP contribution in [0.15, 0.2) is 24.3 Å². The molecule has 1 aliphatic heterocycles. The van der Waals surface area contributed by atoms with Gasteiger partial charge in [0.25, 0.3) is 0 Å². The Morgan fingerprint density at radius 1 is 1.39 bits per heavy atom. The molecule has 0 aliphatic carbocycles. The molecule has 0 bridgehead atoms. The second-order valence-corrected chi connectivity index (χ2v) is 7.60. The van der Waals surface area contributed by atoms with Gasteiger partial charge in [-0.2, -0.15) is 0 Å². The number of fused-ring (bicyclic) bond motifs is 1. The molecule has 2 aromatic rings. The quantitative estimate of drug-likeness (QED) is 0.793. The van der Waals surface area contributed by atoms with Gasteiger partial charge in [0.05, 0.1) is 5.56 Å². The number of piperidine rings is 1. The molecule has 0 saturated carbocycles. The Balaban J connectivity index is 1.96. The number of carbonyl (C=O) groups is 1. The Bertz CT molecular complexity index is 673. The van der Waals surface area contributed by atoms with Gasteiger partial charge in [-0.05, 0) is 61.7 Å². The lowest BCUT2D eigenvalue weighted by Crippen LogP contribution is -2.30. The lowest BCUT2D eigenvalue weighted by atomic mass is 9.81. The van der Waals surface area contributed by atoms with Crippen molar-refractivity contribution in [3.8, 4) is 0 Å². The Morgan fingerprint density at radius 2 is 2.17 bits per heavy atom. The van der Waals surface area contributed by atoms with E-state index in [0.717, 1.165) is 29.1 Å².